The first-order valence-corrected chi connectivity index (χ1v) is 40.2. The monoisotopic (exact) mass is 1340 g/mol. The Hall–Kier alpha value is -1.94. The third kappa shape index (κ3) is 65.1. The van der Waals surface area contributed by atoms with E-state index in [1.807, 2.05) is 0 Å². The van der Waals surface area contributed by atoms with Crippen LogP contribution >= 0.6 is 15.6 Å². The van der Waals surface area contributed by atoms with Gasteiger partial charge in [-0.2, -0.15) is 0 Å². The minimum atomic E-state index is -4.95. The molecule has 0 heterocycles. The maximum Gasteiger partial charge on any atom is 0.472 e. The number of aliphatic hydroxyl groups is 1. The van der Waals surface area contributed by atoms with Gasteiger partial charge in [0.1, 0.15) is 19.3 Å². The Balaban J connectivity index is 5.25. The first-order valence-electron chi connectivity index (χ1n) is 37.2. The zero-order valence-electron chi connectivity index (χ0n) is 59.5. The molecule has 91 heavy (non-hydrogen) atoms. The minimum absolute atomic E-state index is 0.105. The van der Waals surface area contributed by atoms with E-state index in [9.17, 15) is 43.2 Å². The number of unbranched alkanes of at least 4 members (excludes halogenated alkanes) is 34. The van der Waals surface area contributed by atoms with E-state index in [0.29, 0.717) is 25.7 Å². The molecule has 0 saturated carbocycles. The number of phosphoric acid groups is 2. The number of ether oxygens (including phenoxy) is 4. The van der Waals surface area contributed by atoms with Crippen LogP contribution in [0.2, 0.25) is 0 Å². The van der Waals surface area contributed by atoms with Gasteiger partial charge in [0.2, 0.25) is 0 Å². The van der Waals surface area contributed by atoms with Crippen LogP contribution in [-0.2, 0) is 65.4 Å². The molecule has 0 aromatic carbocycles. The lowest BCUT2D eigenvalue weighted by molar-refractivity contribution is -0.161. The molecule has 0 spiro atoms. The summed E-state index contributed by atoms with van der Waals surface area (Å²) < 4.78 is 68.4. The van der Waals surface area contributed by atoms with Gasteiger partial charge in [-0.25, -0.2) is 9.13 Å². The fourth-order valence-corrected chi connectivity index (χ4v) is 12.4. The molecule has 0 aliphatic rings. The highest BCUT2D eigenvalue weighted by molar-refractivity contribution is 7.47. The van der Waals surface area contributed by atoms with Gasteiger partial charge in [0, 0.05) is 25.7 Å². The van der Waals surface area contributed by atoms with Crippen molar-refractivity contribution in [2.45, 2.75) is 375 Å². The summed E-state index contributed by atoms with van der Waals surface area (Å²) in [7, 11) is -9.91. The summed E-state index contributed by atoms with van der Waals surface area (Å²) in [6.07, 6.45) is 44.4. The molecule has 0 aromatic heterocycles. The van der Waals surface area contributed by atoms with Crippen molar-refractivity contribution in [1.29, 1.82) is 0 Å². The van der Waals surface area contributed by atoms with Crippen LogP contribution < -0.4 is 0 Å². The summed E-state index contributed by atoms with van der Waals surface area (Å²) in [5.74, 6) is 0.882. The van der Waals surface area contributed by atoms with Crippen molar-refractivity contribution in [2.75, 3.05) is 39.6 Å². The van der Waals surface area contributed by atoms with Crippen LogP contribution in [-0.4, -0.2) is 96.7 Å². The molecule has 6 atom stereocenters. The summed E-state index contributed by atoms with van der Waals surface area (Å²) in [4.78, 5) is 72.6. The smallest absolute Gasteiger partial charge is 0.462 e. The van der Waals surface area contributed by atoms with Crippen LogP contribution in [0.1, 0.15) is 357 Å². The van der Waals surface area contributed by atoms with Crippen LogP contribution in [0.5, 0.6) is 0 Å². The number of phosphoric ester groups is 2. The number of carbonyl (C=O) groups excluding carboxylic acids is 4. The second-order valence-corrected chi connectivity index (χ2v) is 30.6. The van der Waals surface area contributed by atoms with Crippen LogP contribution in [0.25, 0.3) is 0 Å². The van der Waals surface area contributed by atoms with Crippen molar-refractivity contribution in [1.82, 2.24) is 0 Å². The number of hydrogen-bond donors (Lipinski definition) is 3. The lowest BCUT2D eigenvalue weighted by atomic mass is 10.00. The van der Waals surface area contributed by atoms with E-state index in [2.05, 4.69) is 55.4 Å². The van der Waals surface area contributed by atoms with E-state index in [-0.39, 0.29) is 25.7 Å². The average Bonchev–Trinajstić information content (AvgIpc) is 3.69. The molecule has 0 aliphatic carbocycles. The number of rotatable bonds is 69. The van der Waals surface area contributed by atoms with Crippen LogP contribution in [0, 0.1) is 23.7 Å². The Bertz CT molecular complexity index is 1800. The summed E-state index contributed by atoms with van der Waals surface area (Å²) in [5, 5.41) is 10.6. The van der Waals surface area contributed by atoms with Crippen LogP contribution in [0.4, 0.5) is 0 Å². The Labute approximate surface area is 556 Å². The Morgan fingerprint density at radius 3 is 0.780 bits per heavy atom. The zero-order chi connectivity index (χ0) is 67.5. The number of carbonyl (C=O) groups is 4. The molecule has 540 valence electrons. The second-order valence-electron chi connectivity index (χ2n) is 27.6. The Morgan fingerprint density at radius 2 is 0.527 bits per heavy atom. The molecule has 0 saturated heterocycles. The fourth-order valence-electron chi connectivity index (χ4n) is 10.8. The van der Waals surface area contributed by atoms with Crippen molar-refractivity contribution in [3.05, 3.63) is 0 Å². The highest BCUT2D eigenvalue weighted by Gasteiger charge is 2.30. The molecular weight excluding hydrogens is 1200 g/mol. The van der Waals surface area contributed by atoms with Gasteiger partial charge in [-0.15, -0.1) is 0 Å². The summed E-state index contributed by atoms with van der Waals surface area (Å²) in [6.45, 7) is 14.1. The van der Waals surface area contributed by atoms with Crippen LogP contribution in [0.3, 0.4) is 0 Å². The van der Waals surface area contributed by atoms with Crippen LogP contribution in [0.15, 0.2) is 0 Å². The first-order chi connectivity index (χ1) is 43.6. The molecule has 19 heteroatoms. The molecule has 17 nitrogen and oxygen atoms in total. The third-order valence-corrected chi connectivity index (χ3v) is 18.8. The standard InChI is InChI=1S/C72H140O17P2/c1-9-65(8)51-43-35-30-31-37-45-53-70(75)83-59-68(89-71(76)54-46-38-28-20-16-12-10-11-14-18-24-32-40-48-62(2)3)61-87-91(80,81)85-57-66(73)56-84-90(78,79)86-60-67(58-82-69(74)52-44-36-27-23-22-26-34-42-50-64(6)7)88-72(77)55-47-39-29-21-17-13-15-19-25-33-41-49-63(4)5/h62-68,73H,9-61H2,1-8H3,(H,78,79)(H,80,81)/t65?,66-,67-,68-/m1/s1. The van der Waals surface area contributed by atoms with Gasteiger partial charge in [-0.3, -0.25) is 37.3 Å². The van der Waals surface area contributed by atoms with E-state index in [4.69, 9.17) is 37.0 Å². The predicted molar refractivity (Wildman–Crippen MR) is 367 cm³/mol. The van der Waals surface area contributed by atoms with Gasteiger partial charge in [0.25, 0.3) is 0 Å². The SMILES string of the molecule is CCC(C)CCCCCCCCC(=O)OC[C@H](COP(=O)(O)OC[C@H](O)COP(=O)(O)OC[C@@H](COC(=O)CCCCCCCCCCC(C)C)OC(=O)CCCCCCCCCCCCCC(C)C)OC(=O)CCCCCCCCCCCCCCCC(C)C. The van der Waals surface area contributed by atoms with E-state index in [1.54, 1.807) is 0 Å². The normalized spacial score (nSPS) is 14.5. The van der Waals surface area contributed by atoms with Gasteiger partial charge in [-0.1, -0.05) is 306 Å². The molecule has 0 rings (SSSR count). The number of aliphatic hydroxyl groups excluding tert-OH is 1. The quantitative estimate of drug-likeness (QED) is 0.0222. The molecular formula is C72H140O17P2. The second kappa shape index (κ2) is 61.6. The summed E-state index contributed by atoms with van der Waals surface area (Å²) in [5.41, 5.74) is 0. The topological polar surface area (TPSA) is 237 Å². The molecule has 3 unspecified atom stereocenters. The maximum absolute atomic E-state index is 13.0. The van der Waals surface area contributed by atoms with Crippen molar-refractivity contribution >= 4 is 39.5 Å². The maximum atomic E-state index is 13.0. The third-order valence-electron chi connectivity index (χ3n) is 16.9. The Kier molecular flexibility index (Phi) is 60.3. The summed E-state index contributed by atoms with van der Waals surface area (Å²) in [6, 6.07) is 0. The highest BCUT2D eigenvalue weighted by atomic mass is 31.2. The van der Waals surface area contributed by atoms with Gasteiger partial charge in [0.15, 0.2) is 12.2 Å². The van der Waals surface area contributed by atoms with Crippen molar-refractivity contribution in [3.63, 3.8) is 0 Å². The molecule has 0 radical (unpaired) electrons. The highest BCUT2D eigenvalue weighted by Crippen LogP contribution is 2.45. The van der Waals surface area contributed by atoms with E-state index < -0.39 is 97.5 Å². The van der Waals surface area contributed by atoms with Crippen molar-refractivity contribution < 1.29 is 80.2 Å². The average molecular weight is 1340 g/mol. The van der Waals surface area contributed by atoms with Crippen molar-refractivity contribution in [3.8, 4) is 0 Å². The van der Waals surface area contributed by atoms with Gasteiger partial charge in [0.05, 0.1) is 26.4 Å². The largest absolute Gasteiger partial charge is 0.472 e. The van der Waals surface area contributed by atoms with E-state index >= 15 is 0 Å². The van der Waals surface area contributed by atoms with Gasteiger partial charge < -0.3 is 33.8 Å². The minimum Gasteiger partial charge on any atom is -0.462 e. The predicted octanol–water partition coefficient (Wildman–Crippen LogP) is 20.5. The zero-order valence-corrected chi connectivity index (χ0v) is 61.3. The number of esters is 4. The number of hydrogen-bond acceptors (Lipinski definition) is 15. The van der Waals surface area contributed by atoms with Gasteiger partial charge >= 0.3 is 39.5 Å². The van der Waals surface area contributed by atoms with Crippen molar-refractivity contribution in [2.24, 2.45) is 23.7 Å². The lowest BCUT2D eigenvalue weighted by Crippen LogP contribution is -2.30. The van der Waals surface area contributed by atoms with E-state index in [0.717, 1.165) is 120 Å². The molecule has 0 aliphatic heterocycles. The molecule has 0 aromatic rings. The molecule has 0 fully saturated rings. The van der Waals surface area contributed by atoms with Gasteiger partial charge in [-0.05, 0) is 49.4 Å². The fraction of sp³-hybridized carbons (Fsp3) is 0.944. The molecule has 3 N–H and O–H groups in total. The molecule has 0 amide bonds. The first kappa shape index (κ1) is 89.1. The Morgan fingerprint density at radius 1 is 0.308 bits per heavy atom. The summed E-state index contributed by atoms with van der Waals surface area (Å²) >= 11 is 0. The lowest BCUT2D eigenvalue weighted by Gasteiger charge is -2.21. The van der Waals surface area contributed by atoms with E-state index in [1.165, 1.54) is 154 Å². The molecule has 0 bridgehead atoms.